The fraction of sp³-hybridized carbons (Fsp3) is 0.146. The van der Waals surface area contributed by atoms with E-state index in [2.05, 4.69) is 199 Å². The molecule has 0 aliphatic rings. The standard InChI is InChI=1S/C47H47N2.C35H23N2.2Ir/c1-45(2,3)36-18-10-31(11-19-36)34-16-24-43-40(28-34)41-29-35(32-12-20-37(21-13-32)46(4,5)6)17-25-44(41)49(43)39-26-27-48-42(30-39)33-14-22-38(23-15-33)47(7,8)9;1-4-10-25(11-5-1)28-16-18-34-31(22-28)32-23-29(26-12-6-2-7-13-26)17-19-35(32)37(34)30-20-21-36-33(24-30)27-14-8-3-9-15-27;;/h10-14,16-30H,1-9H3;1-14,16-24H;;/q2*-1;;/i;1D,2D,3D,4D,5D,6D,7D,8D,9D,10D,11D,12D,13D,14D,16D,17D,18D,19D,20D,21D,22D,23D,24D;;. The topological polar surface area (TPSA) is 35.6 Å². The fourth-order valence-corrected chi connectivity index (χ4v) is 10.5. The molecule has 0 aliphatic carbocycles. The third kappa shape index (κ3) is 12.3. The van der Waals surface area contributed by atoms with Gasteiger partial charge in [0.15, 0.2) is 0 Å². The molecule has 0 spiro atoms. The van der Waals surface area contributed by atoms with Crippen LogP contribution in [0.4, 0.5) is 0 Å². The zero-order valence-corrected chi connectivity index (χ0v) is 54.3. The Kier molecular flexibility index (Phi) is 10.9. The number of nitrogens with zero attached hydrogens (tertiary/aromatic N) is 4. The Bertz CT molecular complexity index is 5880. The summed E-state index contributed by atoms with van der Waals surface area (Å²) in [6.45, 7) is 20.3. The maximum Gasteiger partial charge on any atom is 0.0830 e. The largest absolute Gasteiger partial charge is 0.310 e. The second-order valence-electron chi connectivity index (χ2n) is 24.0. The molecule has 4 aromatic heterocycles. The average Bonchev–Trinajstić information content (AvgIpc) is 1.55. The normalized spacial score (nSPS) is 15.4. The summed E-state index contributed by atoms with van der Waals surface area (Å²) in [6.07, 6.45) is 0.996. The number of aromatic nitrogens is 4. The molecular weight excluding hydrogens is 1430 g/mol. The van der Waals surface area contributed by atoms with Gasteiger partial charge in [-0.15, -0.1) is 71.2 Å². The van der Waals surface area contributed by atoms with Crippen LogP contribution in [0.2, 0.25) is 0 Å². The summed E-state index contributed by atoms with van der Waals surface area (Å²) in [5.74, 6) is 0. The Balaban J connectivity index is 0.000000220. The fourth-order valence-electron chi connectivity index (χ4n) is 10.5. The SMILES string of the molecule is CC(C)(C)c1c[c-]c(-c2cc(-n3c4ccc(-c5ccc(C(C)(C)C)cc5)cc4c4cc(-c5ccc(C(C)(C)C)cc5)ccc43)ccn2)cc1.[2H]c1[c-]c(-c2nc([2H])c([2H])c(-n3c4c([2H])c([2H])c(-c5c([2H])c([2H])c([2H])c([2H])c5[2H])c([2H])c4c4c([2H])c(-c5c([2H])c([2H])c([2H])c([2H])c5[2H])c([2H])c([2H])c43)c2[2H])c([2H])c([2H])c1[2H].[Ir].[Ir]. The van der Waals surface area contributed by atoms with Gasteiger partial charge in [-0.3, -0.25) is 0 Å². The van der Waals surface area contributed by atoms with Gasteiger partial charge in [-0.2, -0.15) is 0 Å². The molecule has 0 bridgehead atoms. The molecule has 0 amide bonds. The zero-order valence-electron chi connectivity index (χ0n) is 72.5. The summed E-state index contributed by atoms with van der Waals surface area (Å²) in [5, 5.41) is 1.27. The van der Waals surface area contributed by atoms with Crippen LogP contribution in [0.1, 0.15) is 111 Å². The molecular formula is C82H70Ir2N4-2. The number of pyridine rings is 2. The van der Waals surface area contributed by atoms with E-state index in [9.17, 15) is 6.85 Å². The zero-order chi connectivity index (χ0) is 79.3. The van der Waals surface area contributed by atoms with Crippen LogP contribution in [0.25, 0.3) is 122 Å². The van der Waals surface area contributed by atoms with Crippen LogP contribution >= 0.6 is 0 Å². The minimum atomic E-state index is -0.950. The molecule has 0 unspecified atom stereocenters. The van der Waals surface area contributed by atoms with Crippen molar-refractivity contribution in [2.24, 2.45) is 0 Å². The maximum absolute atomic E-state index is 9.52. The summed E-state index contributed by atoms with van der Waals surface area (Å²) in [5.41, 5.74) is 8.43. The molecule has 10 aromatic carbocycles. The summed E-state index contributed by atoms with van der Waals surface area (Å²) in [4.78, 5) is 8.71. The number of benzene rings is 10. The summed E-state index contributed by atoms with van der Waals surface area (Å²) < 4.78 is 202. The molecule has 4 heterocycles. The van der Waals surface area contributed by atoms with Gasteiger partial charge in [-0.1, -0.05) is 208 Å². The van der Waals surface area contributed by atoms with Gasteiger partial charge in [-0.05, 0) is 147 Å². The first-order valence-corrected chi connectivity index (χ1v) is 28.1. The number of rotatable bonds is 8. The van der Waals surface area contributed by atoms with E-state index in [0.29, 0.717) is 0 Å². The minimum absolute atomic E-state index is 0. The molecule has 0 aliphatic heterocycles. The summed E-state index contributed by atoms with van der Waals surface area (Å²) in [7, 11) is 0. The van der Waals surface area contributed by atoms with Crippen LogP contribution in [0.5, 0.6) is 0 Å². The van der Waals surface area contributed by atoms with Gasteiger partial charge < -0.3 is 19.1 Å². The minimum Gasteiger partial charge on any atom is -0.310 e. The predicted molar refractivity (Wildman–Crippen MR) is 364 cm³/mol. The van der Waals surface area contributed by atoms with E-state index in [-0.39, 0.29) is 56.5 Å². The summed E-state index contributed by atoms with van der Waals surface area (Å²) in [6, 6.07) is 29.7. The third-order valence-electron chi connectivity index (χ3n) is 15.2. The van der Waals surface area contributed by atoms with Crippen molar-refractivity contribution in [1.29, 1.82) is 0 Å². The van der Waals surface area contributed by atoms with Crippen molar-refractivity contribution in [1.82, 2.24) is 19.1 Å². The Labute approximate surface area is 578 Å². The van der Waals surface area contributed by atoms with Gasteiger partial charge in [0.25, 0.3) is 0 Å². The van der Waals surface area contributed by atoms with Crippen molar-refractivity contribution in [3.8, 4) is 78.4 Å². The van der Waals surface area contributed by atoms with Gasteiger partial charge in [0, 0.05) is 88.2 Å². The van der Waals surface area contributed by atoms with E-state index in [4.69, 9.17) is 29.7 Å². The van der Waals surface area contributed by atoms with E-state index < -0.39 is 200 Å². The molecule has 4 nitrogen and oxygen atoms in total. The molecule has 438 valence electrons. The van der Waals surface area contributed by atoms with Crippen molar-refractivity contribution in [3.05, 3.63) is 289 Å². The average molecular weight is 1520 g/mol. The van der Waals surface area contributed by atoms with Gasteiger partial charge in [-0.25, -0.2) is 0 Å². The number of fused-ring (bicyclic) bond motifs is 6. The summed E-state index contributed by atoms with van der Waals surface area (Å²) >= 11 is 0. The monoisotopic (exact) mass is 1520 g/mol. The van der Waals surface area contributed by atoms with Crippen molar-refractivity contribution in [3.63, 3.8) is 0 Å². The molecule has 0 saturated heterocycles. The first kappa shape index (κ1) is 38.6. The predicted octanol–water partition coefficient (Wildman–Crippen LogP) is 21.8. The second-order valence-corrected chi connectivity index (χ2v) is 24.0. The van der Waals surface area contributed by atoms with Gasteiger partial charge in [0.05, 0.1) is 48.1 Å². The number of hydrogen-bond acceptors (Lipinski definition) is 2. The Morgan fingerprint density at radius 2 is 0.841 bits per heavy atom. The molecule has 14 rings (SSSR count). The number of hydrogen-bond donors (Lipinski definition) is 0. The first-order valence-electron chi connectivity index (χ1n) is 39.6. The van der Waals surface area contributed by atoms with Crippen LogP contribution in [0.15, 0.2) is 261 Å². The smallest absolute Gasteiger partial charge is 0.0830 e. The van der Waals surface area contributed by atoms with Crippen molar-refractivity contribution >= 4 is 43.6 Å². The first-order chi connectivity index (χ1) is 51.1. The van der Waals surface area contributed by atoms with E-state index in [1.54, 1.807) is 0 Å². The van der Waals surface area contributed by atoms with Crippen molar-refractivity contribution < 1.29 is 71.7 Å². The Hall–Kier alpha value is -8.60. The molecule has 0 atom stereocenters. The van der Waals surface area contributed by atoms with Gasteiger partial charge in [0.2, 0.25) is 0 Å². The quantitative estimate of drug-likeness (QED) is 0.142. The van der Waals surface area contributed by atoms with E-state index >= 15 is 0 Å². The second kappa shape index (κ2) is 24.9. The Morgan fingerprint density at radius 1 is 0.352 bits per heavy atom. The van der Waals surface area contributed by atoms with Crippen LogP contribution < -0.4 is 0 Å². The molecule has 14 aromatic rings. The van der Waals surface area contributed by atoms with Crippen LogP contribution in [0.3, 0.4) is 0 Å². The molecule has 0 N–H and O–H groups in total. The van der Waals surface area contributed by atoms with E-state index in [1.165, 1.54) is 60.8 Å². The Morgan fingerprint density at radius 3 is 1.34 bits per heavy atom. The van der Waals surface area contributed by atoms with Crippen molar-refractivity contribution in [2.75, 3.05) is 0 Å². The van der Waals surface area contributed by atoms with Crippen LogP contribution in [-0.2, 0) is 56.5 Å². The molecule has 2 radical (unpaired) electrons. The third-order valence-corrected chi connectivity index (χ3v) is 15.2. The van der Waals surface area contributed by atoms with E-state index in [0.717, 1.165) is 21.5 Å². The van der Waals surface area contributed by atoms with Crippen molar-refractivity contribution in [2.45, 2.75) is 78.6 Å². The van der Waals surface area contributed by atoms with E-state index in [1.807, 2.05) is 6.20 Å². The molecule has 0 saturated carbocycles. The maximum atomic E-state index is 9.52. The molecule has 0 fully saturated rings. The molecule has 6 heteroatoms. The van der Waals surface area contributed by atoms with Crippen LogP contribution in [0, 0.1) is 12.1 Å². The van der Waals surface area contributed by atoms with Gasteiger partial charge >= 0.3 is 0 Å². The molecule has 88 heavy (non-hydrogen) atoms. The van der Waals surface area contributed by atoms with Crippen LogP contribution in [-0.4, -0.2) is 19.1 Å². The van der Waals surface area contributed by atoms with Gasteiger partial charge in [0.1, 0.15) is 0 Å².